The first kappa shape index (κ1) is 17.9. The Balaban J connectivity index is 1.41. The SMILES string of the molecule is NC1(c2nc3ccc(C(F)(F)F)cc3[nH]2)CCN(c2ncnc3[nH]ccc23)CC1. The van der Waals surface area contributed by atoms with Crippen molar-refractivity contribution in [1.29, 1.82) is 0 Å². The lowest BCUT2D eigenvalue weighted by Gasteiger charge is -2.38. The van der Waals surface area contributed by atoms with Gasteiger partial charge < -0.3 is 20.6 Å². The van der Waals surface area contributed by atoms with E-state index in [1.807, 2.05) is 12.3 Å². The van der Waals surface area contributed by atoms with Crippen LogP contribution in [0.25, 0.3) is 22.1 Å². The van der Waals surface area contributed by atoms with E-state index in [1.165, 1.54) is 12.4 Å². The van der Waals surface area contributed by atoms with Crippen LogP contribution in [0.15, 0.2) is 36.8 Å². The number of nitrogens with two attached hydrogens (primary N) is 1. The minimum Gasteiger partial charge on any atom is -0.356 e. The number of aromatic amines is 2. The van der Waals surface area contributed by atoms with Crippen molar-refractivity contribution in [3.63, 3.8) is 0 Å². The molecule has 0 amide bonds. The summed E-state index contributed by atoms with van der Waals surface area (Å²) in [5.41, 5.74) is 6.77. The lowest BCUT2D eigenvalue weighted by Crippen LogP contribution is -2.49. The fourth-order valence-electron chi connectivity index (χ4n) is 3.89. The molecule has 0 atom stereocenters. The molecule has 0 unspecified atom stereocenters. The van der Waals surface area contributed by atoms with Crippen LogP contribution >= 0.6 is 0 Å². The zero-order valence-corrected chi connectivity index (χ0v) is 15.3. The van der Waals surface area contributed by atoms with Crippen molar-refractivity contribution in [2.75, 3.05) is 18.0 Å². The van der Waals surface area contributed by atoms with E-state index in [0.29, 0.717) is 42.8 Å². The summed E-state index contributed by atoms with van der Waals surface area (Å²) in [6.07, 6.45) is 0.135. The Kier molecular flexibility index (Phi) is 3.82. The monoisotopic (exact) mass is 401 g/mol. The molecule has 1 aromatic carbocycles. The maximum atomic E-state index is 13.0. The number of hydrogen-bond donors (Lipinski definition) is 3. The molecule has 1 saturated heterocycles. The molecular weight excluding hydrogens is 383 g/mol. The normalized spacial score (nSPS) is 17.3. The predicted octanol–water partition coefficient (Wildman–Crippen LogP) is 3.31. The third kappa shape index (κ3) is 3.00. The average molecular weight is 401 g/mol. The number of alkyl halides is 3. The molecule has 10 heteroatoms. The molecule has 5 rings (SSSR count). The molecule has 4 heterocycles. The number of piperidine rings is 1. The van der Waals surface area contributed by atoms with Crippen LogP contribution in [0.2, 0.25) is 0 Å². The standard InChI is InChI=1S/C19H18F3N7/c20-19(21,22)11-1-2-13-14(9-11)28-17(27-13)18(23)4-7-29(8-5-18)16-12-3-6-24-15(12)25-10-26-16/h1-3,6,9-10H,4-5,7-8,23H2,(H,27,28)(H,24,25,26). The topological polar surface area (TPSA) is 99.5 Å². The Hall–Kier alpha value is -3.14. The van der Waals surface area contributed by atoms with Crippen molar-refractivity contribution >= 4 is 27.9 Å². The number of aromatic nitrogens is 5. The van der Waals surface area contributed by atoms with Crippen LogP contribution in [-0.2, 0) is 11.7 Å². The van der Waals surface area contributed by atoms with Gasteiger partial charge in [-0.3, -0.25) is 0 Å². The average Bonchev–Trinajstić information content (AvgIpc) is 3.34. The molecule has 4 N–H and O–H groups in total. The molecule has 0 spiro atoms. The van der Waals surface area contributed by atoms with Gasteiger partial charge in [-0.2, -0.15) is 13.2 Å². The molecule has 1 fully saturated rings. The van der Waals surface area contributed by atoms with E-state index in [4.69, 9.17) is 5.73 Å². The summed E-state index contributed by atoms with van der Waals surface area (Å²) in [5, 5.41) is 0.945. The Labute approximate surface area is 163 Å². The molecule has 4 aromatic rings. The molecule has 0 radical (unpaired) electrons. The van der Waals surface area contributed by atoms with Gasteiger partial charge in [0.15, 0.2) is 0 Å². The minimum atomic E-state index is -4.40. The fourth-order valence-corrected chi connectivity index (χ4v) is 3.89. The highest BCUT2D eigenvalue weighted by atomic mass is 19.4. The van der Waals surface area contributed by atoms with E-state index in [1.54, 1.807) is 0 Å². The lowest BCUT2D eigenvalue weighted by atomic mass is 9.88. The van der Waals surface area contributed by atoms with Crippen LogP contribution in [0.3, 0.4) is 0 Å². The summed E-state index contributed by atoms with van der Waals surface area (Å²) in [6.45, 7) is 1.30. The number of benzene rings is 1. The molecule has 29 heavy (non-hydrogen) atoms. The second-order valence-electron chi connectivity index (χ2n) is 7.40. The van der Waals surface area contributed by atoms with E-state index < -0.39 is 17.3 Å². The van der Waals surface area contributed by atoms with Crippen molar-refractivity contribution in [3.05, 3.63) is 48.2 Å². The second-order valence-corrected chi connectivity index (χ2v) is 7.40. The highest BCUT2D eigenvalue weighted by Gasteiger charge is 2.36. The number of H-pyrrole nitrogens is 2. The quantitative estimate of drug-likeness (QED) is 0.479. The van der Waals surface area contributed by atoms with Gasteiger partial charge in [-0.25, -0.2) is 15.0 Å². The number of nitrogens with one attached hydrogen (secondary N) is 2. The van der Waals surface area contributed by atoms with E-state index >= 15 is 0 Å². The van der Waals surface area contributed by atoms with E-state index in [9.17, 15) is 13.2 Å². The third-order valence-corrected chi connectivity index (χ3v) is 5.57. The van der Waals surface area contributed by atoms with Crippen molar-refractivity contribution in [2.45, 2.75) is 24.6 Å². The summed E-state index contributed by atoms with van der Waals surface area (Å²) in [6, 6.07) is 5.43. The summed E-state index contributed by atoms with van der Waals surface area (Å²) >= 11 is 0. The first-order valence-electron chi connectivity index (χ1n) is 9.23. The molecule has 7 nitrogen and oxygen atoms in total. The largest absolute Gasteiger partial charge is 0.416 e. The first-order chi connectivity index (χ1) is 13.8. The maximum Gasteiger partial charge on any atom is 0.416 e. The lowest BCUT2D eigenvalue weighted by molar-refractivity contribution is -0.137. The van der Waals surface area contributed by atoms with E-state index in [2.05, 4.69) is 29.8 Å². The predicted molar refractivity (Wildman–Crippen MR) is 102 cm³/mol. The van der Waals surface area contributed by atoms with Gasteiger partial charge in [-0.1, -0.05) is 0 Å². The van der Waals surface area contributed by atoms with Gasteiger partial charge in [0, 0.05) is 19.3 Å². The van der Waals surface area contributed by atoms with Gasteiger partial charge in [0.25, 0.3) is 0 Å². The third-order valence-electron chi connectivity index (χ3n) is 5.57. The molecule has 1 aliphatic rings. The van der Waals surface area contributed by atoms with Crippen LogP contribution in [0.5, 0.6) is 0 Å². The number of rotatable bonds is 2. The zero-order chi connectivity index (χ0) is 20.2. The Morgan fingerprint density at radius 2 is 1.90 bits per heavy atom. The minimum absolute atomic E-state index is 0.340. The number of anilines is 1. The second kappa shape index (κ2) is 6.18. The number of fused-ring (bicyclic) bond motifs is 2. The van der Waals surface area contributed by atoms with Gasteiger partial charge in [0.2, 0.25) is 0 Å². The number of hydrogen-bond acceptors (Lipinski definition) is 5. The highest BCUT2D eigenvalue weighted by Crippen LogP contribution is 2.35. The van der Waals surface area contributed by atoms with Crippen LogP contribution in [0.1, 0.15) is 24.2 Å². The number of halogens is 3. The molecule has 0 aliphatic carbocycles. The molecule has 0 bridgehead atoms. The van der Waals surface area contributed by atoms with Crippen molar-refractivity contribution in [2.24, 2.45) is 5.73 Å². The summed E-state index contributed by atoms with van der Waals surface area (Å²) in [4.78, 5) is 21.3. The van der Waals surface area contributed by atoms with Crippen LogP contribution in [0.4, 0.5) is 19.0 Å². The molecule has 3 aromatic heterocycles. The van der Waals surface area contributed by atoms with Crippen LogP contribution < -0.4 is 10.6 Å². The molecule has 1 aliphatic heterocycles. The molecule has 150 valence electrons. The van der Waals surface area contributed by atoms with Gasteiger partial charge >= 0.3 is 6.18 Å². The fraction of sp³-hybridized carbons (Fsp3) is 0.316. The van der Waals surface area contributed by atoms with Crippen LogP contribution in [0, 0.1) is 0 Å². The summed E-state index contributed by atoms with van der Waals surface area (Å²) < 4.78 is 38.9. The number of imidazole rings is 1. The first-order valence-corrected chi connectivity index (χ1v) is 9.23. The smallest absolute Gasteiger partial charge is 0.356 e. The molecule has 0 saturated carbocycles. The highest BCUT2D eigenvalue weighted by molar-refractivity contribution is 5.87. The van der Waals surface area contributed by atoms with Crippen molar-refractivity contribution in [1.82, 2.24) is 24.9 Å². The zero-order valence-electron chi connectivity index (χ0n) is 15.3. The Morgan fingerprint density at radius 1 is 1.10 bits per heavy atom. The van der Waals surface area contributed by atoms with E-state index in [-0.39, 0.29) is 0 Å². The maximum absolute atomic E-state index is 13.0. The summed E-state index contributed by atoms with van der Waals surface area (Å²) in [7, 11) is 0. The Morgan fingerprint density at radius 3 is 2.66 bits per heavy atom. The van der Waals surface area contributed by atoms with Crippen molar-refractivity contribution in [3.8, 4) is 0 Å². The summed E-state index contributed by atoms with van der Waals surface area (Å²) in [5.74, 6) is 1.36. The van der Waals surface area contributed by atoms with Gasteiger partial charge in [-0.05, 0) is 37.1 Å². The molecular formula is C19H18F3N7. The van der Waals surface area contributed by atoms with Crippen LogP contribution in [-0.4, -0.2) is 38.0 Å². The van der Waals surface area contributed by atoms with Crippen molar-refractivity contribution < 1.29 is 13.2 Å². The van der Waals surface area contributed by atoms with E-state index in [0.717, 1.165) is 29.0 Å². The number of nitrogens with zero attached hydrogens (tertiary/aromatic N) is 4. The van der Waals surface area contributed by atoms with Gasteiger partial charge in [0.05, 0.1) is 27.5 Å². The Bertz CT molecular complexity index is 1190. The van der Waals surface area contributed by atoms with Gasteiger partial charge in [0.1, 0.15) is 23.6 Å². The van der Waals surface area contributed by atoms with Gasteiger partial charge in [-0.15, -0.1) is 0 Å².